The van der Waals surface area contributed by atoms with Gasteiger partial charge in [0.05, 0.1) is 17.1 Å². The molecule has 4 rings (SSSR count). The van der Waals surface area contributed by atoms with Crippen LogP contribution in [0.15, 0.2) is 78.9 Å². The number of rotatable bonds is 5. The highest BCUT2D eigenvalue weighted by Gasteiger charge is 2.23. The van der Waals surface area contributed by atoms with Gasteiger partial charge in [0, 0.05) is 6.07 Å². The molecule has 0 fully saturated rings. The third kappa shape index (κ3) is 4.05. The summed E-state index contributed by atoms with van der Waals surface area (Å²) < 4.78 is 6.08. The van der Waals surface area contributed by atoms with E-state index in [1.54, 1.807) is 42.5 Å². The number of phenols is 3. The Morgan fingerprint density at radius 2 is 1.22 bits per heavy atom. The van der Waals surface area contributed by atoms with Crippen molar-refractivity contribution in [2.75, 3.05) is 4.90 Å². The first kappa shape index (κ1) is 21.1. The van der Waals surface area contributed by atoms with Crippen LogP contribution in [0.3, 0.4) is 0 Å². The topological polar surface area (TPSA) is 73.2 Å². The van der Waals surface area contributed by atoms with Gasteiger partial charge >= 0.3 is 0 Å². The molecule has 0 unspecified atom stereocenters. The quantitative estimate of drug-likeness (QED) is 0.320. The maximum Gasteiger partial charge on any atom is 0.139 e. The molecule has 0 heterocycles. The van der Waals surface area contributed by atoms with Gasteiger partial charge < -0.3 is 25.0 Å². The fourth-order valence-corrected chi connectivity index (χ4v) is 3.80. The van der Waals surface area contributed by atoms with Crippen molar-refractivity contribution < 1.29 is 20.1 Å². The predicted molar refractivity (Wildman–Crippen MR) is 127 cm³/mol. The van der Waals surface area contributed by atoms with Gasteiger partial charge in [-0.2, -0.15) is 0 Å². The van der Waals surface area contributed by atoms with Gasteiger partial charge in [0.2, 0.25) is 0 Å². The van der Waals surface area contributed by atoms with Crippen LogP contribution >= 0.6 is 0 Å². The first-order chi connectivity index (χ1) is 15.3. The van der Waals surface area contributed by atoms with Crippen molar-refractivity contribution in [2.45, 2.75) is 20.8 Å². The fourth-order valence-electron chi connectivity index (χ4n) is 3.80. The summed E-state index contributed by atoms with van der Waals surface area (Å²) in [5.74, 6) is 1.60. The second kappa shape index (κ2) is 8.55. The Morgan fingerprint density at radius 1 is 0.625 bits per heavy atom. The molecule has 0 radical (unpaired) electrons. The highest BCUT2D eigenvalue weighted by molar-refractivity contribution is 5.86. The molecule has 162 valence electrons. The fraction of sp³-hybridized carbons (Fsp3) is 0.111. The lowest BCUT2D eigenvalue weighted by Crippen LogP contribution is -2.13. The summed E-state index contributed by atoms with van der Waals surface area (Å²) in [5.41, 5.74) is 4.39. The van der Waals surface area contributed by atoms with Gasteiger partial charge in [0.1, 0.15) is 28.7 Å². The van der Waals surface area contributed by atoms with Crippen LogP contribution in [0, 0.1) is 20.8 Å². The Morgan fingerprint density at radius 3 is 1.78 bits per heavy atom. The van der Waals surface area contributed by atoms with Crippen molar-refractivity contribution in [3.8, 4) is 28.7 Å². The Kier molecular flexibility index (Phi) is 5.65. The van der Waals surface area contributed by atoms with Crippen LogP contribution in [-0.2, 0) is 0 Å². The molecule has 0 spiro atoms. The van der Waals surface area contributed by atoms with Crippen LogP contribution in [-0.4, -0.2) is 15.3 Å². The van der Waals surface area contributed by atoms with E-state index in [9.17, 15) is 15.3 Å². The number of hydrogen-bond acceptors (Lipinski definition) is 5. The number of phenolic OH excluding ortho intramolecular Hbond substituents is 3. The summed E-state index contributed by atoms with van der Waals surface area (Å²) in [4.78, 5) is 1.84. The highest BCUT2D eigenvalue weighted by atomic mass is 16.5. The Labute approximate surface area is 187 Å². The lowest BCUT2D eigenvalue weighted by molar-refractivity contribution is 0.461. The van der Waals surface area contributed by atoms with Crippen LogP contribution in [0.2, 0.25) is 0 Å². The SMILES string of the molecule is Cc1cc(O)ccc1Oc1cccc(N(c2c(C)cccc2O)c2c(C)cccc2O)c1. The molecule has 0 atom stereocenters. The number of anilines is 3. The first-order valence-electron chi connectivity index (χ1n) is 10.3. The number of aromatic hydroxyl groups is 3. The van der Waals surface area contributed by atoms with E-state index >= 15 is 0 Å². The number of hydrogen-bond donors (Lipinski definition) is 3. The van der Waals surface area contributed by atoms with Crippen molar-refractivity contribution in [1.29, 1.82) is 0 Å². The molecule has 0 aliphatic carbocycles. The number of para-hydroxylation sites is 2. The third-order valence-electron chi connectivity index (χ3n) is 5.34. The highest BCUT2D eigenvalue weighted by Crippen LogP contribution is 2.47. The molecule has 4 aromatic rings. The van der Waals surface area contributed by atoms with E-state index < -0.39 is 0 Å². The van der Waals surface area contributed by atoms with E-state index in [2.05, 4.69) is 0 Å². The van der Waals surface area contributed by atoms with Gasteiger partial charge in [-0.15, -0.1) is 0 Å². The maximum absolute atomic E-state index is 10.8. The third-order valence-corrected chi connectivity index (χ3v) is 5.34. The molecule has 0 aliphatic heterocycles. The molecule has 3 N–H and O–H groups in total. The van der Waals surface area contributed by atoms with Gasteiger partial charge in [-0.1, -0.05) is 30.3 Å². The van der Waals surface area contributed by atoms with Crippen molar-refractivity contribution in [1.82, 2.24) is 0 Å². The van der Waals surface area contributed by atoms with E-state index in [0.29, 0.717) is 28.6 Å². The van der Waals surface area contributed by atoms with Crippen molar-refractivity contribution >= 4 is 17.1 Å². The summed E-state index contributed by atoms with van der Waals surface area (Å²) >= 11 is 0. The van der Waals surface area contributed by atoms with Crippen molar-refractivity contribution in [2.24, 2.45) is 0 Å². The van der Waals surface area contributed by atoms with Crippen LogP contribution in [0.1, 0.15) is 16.7 Å². The van der Waals surface area contributed by atoms with Crippen molar-refractivity contribution in [3.63, 3.8) is 0 Å². The van der Waals surface area contributed by atoms with Gasteiger partial charge in [-0.05, 0) is 79.9 Å². The van der Waals surface area contributed by atoms with Gasteiger partial charge in [0.15, 0.2) is 0 Å². The largest absolute Gasteiger partial charge is 0.508 e. The molecule has 4 aromatic carbocycles. The monoisotopic (exact) mass is 427 g/mol. The minimum absolute atomic E-state index is 0.105. The molecule has 0 saturated carbocycles. The Hall–Kier alpha value is -4.12. The zero-order valence-corrected chi connectivity index (χ0v) is 18.2. The molecule has 0 aromatic heterocycles. The van der Waals surface area contributed by atoms with Crippen LogP contribution in [0.4, 0.5) is 17.1 Å². The van der Waals surface area contributed by atoms with E-state index in [0.717, 1.165) is 16.7 Å². The van der Waals surface area contributed by atoms with E-state index in [4.69, 9.17) is 4.74 Å². The van der Waals surface area contributed by atoms with Crippen LogP contribution < -0.4 is 9.64 Å². The first-order valence-corrected chi connectivity index (χ1v) is 10.3. The van der Waals surface area contributed by atoms with E-state index in [-0.39, 0.29) is 17.2 Å². The smallest absolute Gasteiger partial charge is 0.139 e. The summed E-state index contributed by atoms with van der Waals surface area (Å²) in [6, 6.07) is 23.0. The van der Waals surface area contributed by atoms with Gasteiger partial charge in [-0.3, -0.25) is 0 Å². The van der Waals surface area contributed by atoms with Gasteiger partial charge in [-0.25, -0.2) is 0 Å². The molecule has 5 heteroatoms. The molecule has 32 heavy (non-hydrogen) atoms. The number of ether oxygens (including phenoxy) is 1. The number of nitrogens with zero attached hydrogens (tertiary/aromatic N) is 1. The van der Waals surface area contributed by atoms with E-state index in [1.807, 2.05) is 62.1 Å². The second-order valence-corrected chi connectivity index (χ2v) is 7.77. The minimum Gasteiger partial charge on any atom is -0.508 e. The summed E-state index contributed by atoms with van der Waals surface area (Å²) in [5, 5.41) is 31.2. The predicted octanol–water partition coefficient (Wildman–Crippen LogP) is 6.99. The normalized spacial score (nSPS) is 10.7. The Bertz CT molecular complexity index is 1190. The molecular formula is C27H25NO4. The second-order valence-electron chi connectivity index (χ2n) is 7.77. The minimum atomic E-state index is 0.105. The molecule has 5 nitrogen and oxygen atoms in total. The molecule has 0 aliphatic rings. The molecule has 0 amide bonds. The van der Waals surface area contributed by atoms with Gasteiger partial charge in [0.25, 0.3) is 0 Å². The molecular weight excluding hydrogens is 402 g/mol. The van der Waals surface area contributed by atoms with Crippen LogP contribution in [0.5, 0.6) is 28.7 Å². The average Bonchev–Trinajstić information content (AvgIpc) is 2.74. The zero-order chi connectivity index (χ0) is 22.8. The van der Waals surface area contributed by atoms with Crippen molar-refractivity contribution in [3.05, 3.63) is 95.6 Å². The Balaban J connectivity index is 1.87. The summed E-state index contributed by atoms with van der Waals surface area (Å²) in [6.07, 6.45) is 0. The number of benzene rings is 4. The lowest BCUT2D eigenvalue weighted by atomic mass is 10.1. The summed E-state index contributed by atoms with van der Waals surface area (Å²) in [7, 11) is 0. The van der Waals surface area contributed by atoms with E-state index in [1.165, 1.54) is 0 Å². The molecule has 0 bridgehead atoms. The maximum atomic E-state index is 10.8. The number of aryl methyl sites for hydroxylation is 3. The zero-order valence-electron chi connectivity index (χ0n) is 18.2. The standard InChI is InChI=1S/C27H25NO4/c1-17-7-4-11-23(30)26(17)28(27-18(2)8-5-12-24(27)31)20-9-6-10-22(16-20)32-25-14-13-21(29)15-19(25)3/h4-16,29-31H,1-3H3. The van der Waals surface area contributed by atoms with Crippen LogP contribution in [0.25, 0.3) is 0 Å². The lowest BCUT2D eigenvalue weighted by Gasteiger charge is -2.29. The summed E-state index contributed by atoms with van der Waals surface area (Å²) in [6.45, 7) is 5.69. The average molecular weight is 428 g/mol. The molecule has 0 saturated heterocycles.